The lowest BCUT2D eigenvalue weighted by atomic mass is 9.98. The molecule has 1 aromatic rings. The number of carbonyl (C=O) groups is 4. The number of likely N-dealkylation sites (tertiary alicyclic amines) is 1. The van der Waals surface area contributed by atoms with Crippen LogP contribution < -0.4 is 16.4 Å². The van der Waals surface area contributed by atoms with Crippen molar-refractivity contribution < 1.29 is 29.4 Å². The highest BCUT2D eigenvalue weighted by Gasteiger charge is 2.38. The van der Waals surface area contributed by atoms with E-state index < -0.39 is 48.6 Å². The third-order valence-corrected chi connectivity index (χ3v) is 5.79. The number of nitrogens with two attached hydrogens (primary N) is 1. The van der Waals surface area contributed by atoms with Crippen molar-refractivity contribution in [1.82, 2.24) is 25.5 Å². The van der Waals surface area contributed by atoms with Gasteiger partial charge in [-0.1, -0.05) is 20.3 Å². The van der Waals surface area contributed by atoms with Crippen molar-refractivity contribution in [2.75, 3.05) is 13.2 Å². The number of hydrogen-bond acceptors (Lipinski definition) is 7. The van der Waals surface area contributed by atoms with Crippen molar-refractivity contribution in [2.45, 2.75) is 63.7 Å². The van der Waals surface area contributed by atoms with Gasteiger partial charge >= 0.3 is 5.97 Å². The van der Waals surface area contributed by atoms with E-state index in [1.165, 1.54) is 17.4 Å². The number of amides is 3. The van der Waals surface area contributed by atoms with E-state index in [0.717, 1.165) is 6.42 Å². The number of H-pyrrole nitrogens is 1. The molecule has 12 nitrogen and oxygen atoms in total. The molecule has 7 N–H and O–H groups in total. The number of rotatable bonds is 11. The number of imidazole rings is 1. The van der Waals surface area contributed by atoms with Gasteiger partial charge in [0.25, 0.3) is 0 Å². The van der Waals surface area contributed by atoms with Crippen molar-refractivity contribution in [1.29, 1.82) is 0 Å². The Balaban J connectivity index is 2.14. The molecule has 0 spiro atoms. The first-order valence-corrected chi connectivity index (χ1v) is 10.7. The number of hydrogen-bond donors (Lipinski definition) is 6. The summed E-state index contributed by atoms with van der Waals surface area (Å²) in [5.74, 6) is -3.06. The summed E-state index contributed by atoms with van der Waals surface area (Å²) >= 11 is 0. The van der Waals surface area contributed by atoms with Gasteiger partial charge < -0.3 is 36.5 Å². The Morgan fingerprint density at radius 1 is 1.31 bits per heavy atom. The minimum absolute atomic E-state index is 0.0163. The van der Waals surface area contributed by atoms with Crippen molar-refractivity contribution in [3.8, 4) is 0 Å². The molecule has 3 amide bonds. The molecule has 0 radical (unpaired) electrons. The van der Waals surface area contributed by atoms with Crippen LogP contribution in [0.4, 0.5) is 0 Å². The van der Waals surface area contributed by atoms with E-state index in [2.05, 4.69) is 20.6 Å². The molecule has 32 heavy (non-hydrogen) atoms. The molecule has 1 aromatic heterocycles. The molecule has 2 rings (SSSR count). The zero-order valence-electron chi connectivity index (χ0n) is 18.3. The Morgan fingerprint density at radius 2 is 2.03 bits per heavy atom. The molecule has 1 saturated heterocycles. The van der Waals surface area contributed by atoms with Crippen LogP contribution in [0.1, 0.15) is 38.8 Å². The normalized spacial score (nSPS) is 19.6. The fraction of sp³-hybridized carbons (Fsp3) is 0.650. The molecule has 0 aromatic carbocycles. The summed E-state index contributed by atoms with van der Waals surface area (Å²) in [5, 5.41) is 23.1. The van der Waals surface area contributed by atoms with Gasteiger partial charge in [-0.2, -0.15) is 0 Å². The molecule has 0 saturated carbocycles. The van der Waals surface area contributed by atoms with E-state index in [9.17, 15) is 24.3 Å². The third-order valence-electron chi connectivity index (χ3n) is 5.79. The van der Waals surface area contributed by atoms with E-state index in [0.29, 0.717) is 25.1 Å². The fourth-order valence-electron chi connectivity index (χ4n) is 3.54. The van der Waals surface area contributed by atoms with Gasteiger partial charge in [-0.05, 0) is 18.8 Å². The van der Waals surface area contributed by atoms with Crippen LogP contribution in [-0.4, -0.2) is 86.1 Å². The van der Waals surface area contributed by atoms with Gasteiger partial charge in [0.15, 0.2) is 0 Å². The lowest BCUT2D eigenvalue weighted by Gasteiger charge is -2.30. The largest absolute Gasteiger partial charge is 0.480 e. The number of carbonyl (C=O) groups excluding carboxylic acids is 3. The number of aromatic amines is 1. The Bertz CT molecular complexity index is 801. The van der Waals surface area contributed by atoms with Crippen LogP contribution in [-0.2, 0) is 25.6 Å². The number of aromatic nitrogens is 2. The van der Waals surface area contributed by atoms with Gasteiger partial charge in [-0.15, -0.1) is 0 Å². The molecule has 12 heteroatoms. The molecule has 0 aliphatic carbocycles. The summed E-state index contributed by atoms with van der Waals surface area (Å²) in [6.07, 6.45) is 4.68. The maximum Gasteiger partial charge on any atom is 0.328 e. The lowest BCUT2D eigenvalue weighted by molar-refractivity contribution is -0.144. The van der Waals surface area contributed by atoms with Crippen LogP contribution in [0.5, 0.6) is 0 Å². The van der Waals surface area contributed by atoms with Crippen LogP contribution >= 0.6 is 0 Å². The summed E-state index contributed by atoms with van der Waals surface area (Å²) in [4.78, 5) is 57.9. The summed E-state index contributed by atoms with van der Waals surface area (Å²) in [6, 6.07) is -4.15. The number of aliphatic carboxylic acids is 1. The first kappa shape index (κ1) is 25.3. The fourth-order valence-corrected chi connectivity index (χ4v) is 3.54. The Hall–Kier alpha value is -2.99. The zero-order valence-corrected chi connectivity index (χ0v) is 18.3. The highest BCUT2D eigenvalue weighted by Crippen LogP contribution is 2.21. The highest BCUT2D eigenvalue weighted by molar-refractivity contribution is 5.94. The third kappa shape index (κ3) is 6.26. The number of nitrogens with zero attached hydrogens (tertiary/aromatic N) is 2. The van der Waals surface area contributed by atoms with E-state index in [-0.39, 0.29) is 18.2 Å². The number of nitrogens with one attached hydrogen (secondary N) is 3. The van der Waals surface area contributed by atoms with Crippen molar-refractivity contribution in [2.24, 2.45) is 11.7 Å². The summed E-state index contributed by atoms with van der Waals surface area (Å²) in [7, 11) is 0. The SMILES string of the molecule is CCC(C)C(N)C(=O)N1CCCC1C(=O)NC(Cc1cnc[nH]1)C(=O)NC(CO)C(=O)O. The molecule has 5 atom stereocenters. The summed E-state index contributed by atoms with van der Waals surface area (Å²) in [5.41, 5.74) is 6.62. The zero-order chi connectivity index (χ0) is 23.8. The van der Waals surface area contributed by atoms with Crippen LogP contribution in [0.3, 0.4) is 0 Å². The Kier molecular flexibility index (Phi) is 9.14. The summed E-state index contributed by atoms with van der Waals surface area (Å²) < 4.78 is 0. The molecule has 178 valence electrons. The lowest BCUT2D eigenvalue weighted by Crippen LogP contribution is -2.58. The molecule has 1 aliphatic rings. The first-order chi connectivity index (χ1) is 15.2. The minimum Gasteiger partial charge on any atom is -0.480 e. The molecular weight excluding hydrogens is 420 g/mol. The Morgan fingerprint density at radius 3 is 2.59 bits per heavy atom. The van der Waals surface area contributed by atoms with E-state index in [1.807, 2.05) is 13.8 Å². The Labute approximate surface area is 185 Å². The number of carboxylic acid groups (broad SMARTS) is 1. The second kappa shape index (κ2) is 11.6. The molecule has 2 heterocycles. The number of aliphatic hydroxyl groups excluding tert-OH is 1. The van der Waals surface area contributed by atoms with Gasteiger partial charge in [0.2, 0.25) is 17.7 Å². The van der Waals surface area contributed by atoms with Gasteiger partial charge in [0, 0.05) is 24.9 Å². The molecular formula is C20H32N6O6. The van der Waals surface area contributed by atoms with Crippen LogP contribution in [0.25, 0.3) is 0 Å². The molecule has 1 fully saturated rings. The maximum atomic E-state index is 13.0. The molecule has 1 aliphatic heterocycles. The van der Waals surface area contributed by atoms with Gasteiger partial charge in [-0.3, -0.25) is 14.4 Å². The average Bonchev–Trinajstić information content (AvgIpc) is 3.46. The van der Waals surface area contributed by atoms with E-state index in [1.54, 1.807) is 0 Å². The quantitative estimate of drug-likeness (QED) is 0.230. The van der Waals surface area contributed by atoms with Crippen LogP contribution in [0.15, 0.2) is 12.5 Å². The first-order valence-electron chi connectivity index (χ1n) is 10.7. The van der Waals surface area contributed by atoms with Gasteiger partial charge in [0.1, 0.15) is 18.1 Å². The topological polar surface area (TPSA) is 191 Å². The second-order valence-corrected chi connectivity index (χ2v) is 8.03. The predicted octanol–water partition coefficient (Wildman–Crippen LogP) is -1.64. The summed E-state index contributed by atoms with van der Waals surface area (Å²) in [6.45, 7) is 3.40. The number of aliphatic hydroxyl groups is 1. The van der Waals surface area contributed by atoms with Crippen molar-refractivity contribution in [3.05, 3.63) is 18.2 Å². The maximum absolute atomic E-state index is 13.0. The standard InChI is InChI=1S/C20H32N6O6/c1-3-11(2)16(21)19(30)26-6-4-5-15(26)18(29)24-13(7-12-8-22-10-23-12)17(28)25-14(9-27)20(31)32/h8,10-11,13-16,27H,3-7,9,21H2,1-2H3,(H,22,23)(H,24,29)(H,25,28)(H,31,32). The predicted molar refractivity (Wildman–Crippen MR) is 113 cm³/mol. The average molecular weight is 453 g/mol. The van der Waals surface area contributed by atoms with Crippen LogP contribution in [0, 0.1) is 5.92 Å². The second-order valence-electron chi connectivity index (χ2n) is 8.03. The van der Waals surface area contributed by atoms with Gasteiger partial charge in [-0.25, -0.2) is 9.78 Å². The monoisotopic (exact) mass is 452 g/mol. The van der Waals surface area contributed by atoms with Crippen molar-refractivity contribution in [3.63, 3.8) is 0 Å². The highest BCUT2D eigenvalue weighted by atomic mass is 16.4. The smallest absolute Gasteiger partial charge is 0.328 e. The molecule has 5 unspecified atom stereocenters. The van der Waals surface area contributed by atoms with E-state index in [4.69, 9.17) is 10.8 Å². The number of carboxylic acids is 1. The van der Waals surface area contributed by atoms with Crippen molar-refractivity contribution >= 4 is 23.7 Å². The molecule has 0 bridgehead atoms. The minimum atomic E-state index is -1.51. The van der Waals surface area contributed by atoms with E-state index >= 15 is 0 Å². The van der Waals surface area contributed by atoms with Gasteiger partial charge in [0.05, 0.1) is 19.0 Å². The van der Waals surface area contributed by atoms with Crippen LogP contribution in [0.2, 0.25) is 0 Å².